The van der Waals surface area contributed by atoms with Gasteiger partial charge in [-0.2, -0.15) is 0 Å². The molecule has 0 aliphatic rings. The van der Waals surface area contributed by atoms with E-state index in [2.05, 4.69) is 5.32 Å². The Morgan fingerprint density at radius 1 is 1.56 bits per heavy atom. The normalized spacial score (nSPS) is 12.1. The molecule has 0 radical (unpaired) electrons. The van der Waals surface area contributed by atoms with Gasteiger partial charge in [0, 0.05) is 31.1 Å². The van der Waals surface area contributed by atoms with Crippen molar-refractivity contribution in [2.24, 2.45) is 0 Å². The lowest BCUT2D eigenvalue weighted by atomic mass is 10.1. The number of nitrogens with zero attached hydrogens (tertiary/aromatic N) is 1. The summed E-state index contributed by atoms with van der Waals surface area (Å²) in [4.78, 5) is 20.6. The van der Waals surface area contributed by atoms with E-state index in [9.17, 15) is 14.9 Å². The summed E-state index contributed by atoms with van der Waals surface area (Å²) >= 11 is 0. The van der Waals surface area contributed by atoms with E-state index >= 15 is 0 Å². The number of nitro benzene ring substituents is 1. The van der Waals surface area contributed by atoms with Crippen molar-refractivity contribution < 1.29 is 14.8 Å². The van der Waals surface area contributed by atoms with E-state index in [4.69, 9.17) is 5.11 Å². The summed E-state index contributed by atoms with van der Waals surface area (Å²) in [6.45, 7) is 2.38. The number of rotatable bonds is 7. The predicted molar refractivity (Wildman–Crippen MR) is 66.3 cm³/mol. The van der Waals surface area contributed by atoms with Crippen LogP contribution < -0.4 is 5.32 Å². The van der Waals surface area contributed by atoms with Gasteiger partial charge in [-0.25, -0.2) is 0 Å². The zero-order valence-corrected chi connectivity index (χ0v) is 10.1. The molecule has 0 aliphatic heterocycles. The first-order valence-corrected chi connectivity index (χ1v) is 5.67. The van der Waals surface area contributed by atoms with Crippen molar-refractivity contribution in [3.63, 3.8) is 0 Å². The first kappa shape index (κ1) is 14.1. The number of non-ortho nitro benzene ring substituents is 1. The van der Waals surface area contributed by atoms with E-state index in [0.29, 0.717) is 13.0 Å². The summed E-state index contributed by atoms with van der Waals surface area (Å²) in [5.41, 5.74) is 0.874. The highest BCUT2D eigenvalue weighted by atomic mass is 16.6. The van der Waals surface area contributed by atoms with Crippen LogP contribution in [0.4, 0.5) is 5.69 Å². The fourth-order valence-corrected chi connectivity index (χ4v) is 1.51. The molecule has 0 amide bonds. The minimum absolute atomic E-state index is 0.0559. The Bertz CT molecular complexity index is 434. The van der Waals surface area contributed by atoms with Crippen LogP contribution in [0.3, 0.4) is 0 Å². The highest BCUT2D eigenvalue weighted by molar-refractivity contribution is 5.66. The second-order valence-corrected chi connectivity index (χ2v) is 4.14. The van der Waals surface area contributed by atoms with E-state index in [0.717, 1.165) is 5.56 Å². The molecule has 0 aromatic heterocycles. The molecule has 0 spiro atoms. The van der Waals surface area contributed by atoms with Gasteiger partial charge in [-0.1, -0.05) is 12.1 Å². The zero-order chi connectivity index (χ0) is 13.5. The number of aliphatic carboxylic acids is 1. The maximum atomic E-state index is 10.6. The molecule has 1 atom stereocenters. The first-order chi connectivity index (χ1) is 8.49. The van der Waals surface area contributed by atoms with E-state index in [-0.39, 0.29) is 18.2 Å². The number of hydrogen-bond acceptors (Lipinski definition) is 4. The van der Waals surface area contributed by atoms with Crippen LogP contribution in [-0.4, -0.2) is 22.0 Å². The number of nitro groups is 1. The second-order valence-electron chi connectivity index (χ2n) is 4.14. The van der Waals surface area contributed by atoms with Crippen LogP contribution in [0.2, 0.25) is 0 Å². The summed E-state index contributed by atoms with van der Waals surface area (Å²) in [5.74, 6) is -0.820. The zero-order valence-electron chi connectivity index (χ0n) is 10.1. The van der Waals surface area contributed by atoms with E-state index in [1.165, 1.54) is 12.1 Å². The first-order valence-electron chi connectivity index (χ1n) is 5.67. The molecule has 0 saturated carbocycles. The van der Waals surface area contributed by atoms with Gasteiger partial charge < -0.3 is 10.4 Å². The molecular formula is C12H16N2O4. The number of nitrogens with one attached hydrogen (secondary N) is 1. The lowest BCUT2D eigenvalue weighted by molar-refractivity contribution is -0.384. The van der Waals surface area contributed by atoms with E-state index in [1.807, 2.05) is 6.92 Å². The van der Waals surface area contributed by atoms with Gasteiger partial charge in [0.25, 0.3) is 5.69 Å². The van der Waals surface area contributed by atoms with Crippen molar-refractivity contribution in [3.05, 3.63) is 39.9 Å². The van der Waals surface area contributed by atoms with Crippen molar-refractivity contribution in [2.45, 2.75) is 32.4 Å². The van der Waals surface area contributed by atoms with Gasteiger partial charge in [-0.3, -0.25) is 14.9 Å². The lowest BCUT2D eigenvalue weighted by Crippen LogP contribution is -2.26. The summed E-state index contributed by atoms with van der Waals surface area (Å²) in [6, 6.07) is 6.44. The number of hydrogen-bond donors (Lipinski definition) is 2. The van der Waals surface area contributed by atoms with Crippen molar-refractivity contribution in [2.75, 3.05) is 0 Å². The quantitative estimate of drug-likeness (QED) is 0.571. The molecule has 1 aromatic carbocycles. The van der Waals surface area contributed by atoms with Crippen LogP contribution >= 0.6 is 0 Å². The molecule has 0 aliphatic carbocycles. The van der Waals surface area contributed by atoms with Gasteiger partial charge in [0.15, 0.2) is 0 Å². The Labute approximate surface area is 105 Å². The summed E-state index contributed by atoms with van der Waals surface area (Å²) < 4.78 is 0. The second kappa shape index (κ2) is 6.70. The third-order valence-electron chi connectivity index (χ3n) is 2.57. The average molecular weight is 252 g/mol. The number of carboxylic acids is 1. The van der Waals surface area contributed by atoms with Crippen molar-refractivity contribution in [3.8, 4) is 0 Å². The van der Waals surface area contributed by atoms with Crippen LogP contribution in [-0.2, 0) is 11.3 Å². The average Bonchev–Trinajstić information content (AvgIpc) is 2.34. The fraction of sp³-hybridized carbons (Fsp3) is 0.417. The Kier molecular flexibility index (Phi) is 5.26. The summed E-state index contributed by atoms with van der Waals surface area (Å²) in [7, 11) is 0. The van der Waals surface area contributed by atoms with Crippen LogP contribution in [0.25, 0.3) is 0 Å². The molecule has 1 rings (SSSR count). The van der Waals surface area contributed by atoms with E-state index in [1.54, 1.807) is 12.1 Å². The van der Waals surface area contributed by atoms with Gasteiger partial charge in [0.1, 0.15) is 0 Å². The standard InChI is InChI=1S/C12H16N2O4/c1-9(5-6-12(15)16)13-8-10-3-2-4-11(7-10)14(17)18/h2-4,7,9,13H,5-6,8H2,1H3,(H,15,16). The smallest absolute Gasteiger partial charge is 0.303 e. The van der Waals surface area contributed by atoms with Crippen molar-refractivity contribution >= 4 is 11.7 Å². The molecule has 1 unspecified atom stereocenters. The van der Waals surface area contributed by atoms with Crippen LogP contribution in [0.5, 0.6) is 0 Å². The predicted octanol–water partition coefficient (Wildman–Crippen LogP) is 1.94. The molecular weight excluding hydrogens is 236 g/mol. The third kappa shape index (κ3) is 4.92. The van der Waals surface area contributed by atoms with Crippen LogP contribution in [0.15, 0.2) is 24.3 Å². The highest BCUT2D eigenvalue weighted by Crippen LogP contribution is 2.13. The molecule has 0 saturated heterocycles. The Morgan fingerprint density at radius 2 is 2.28 bits per heavy atom. The molecule has 2 N–H and O–H groups in total. The Hall–Kier alpha value is -1.95. The van der Waals surface area contributed by atoms with Gasteiger partial charge in [0.2, 0.25) is 0 Å². The van der Waals surface area contributed by atoms with Gasteiger partial charge in [-0.05, 0) is 18.9 Å². The maximum Gasteiger partial charge on any atom is 0.303 e. The van der Waals surface area contributed by atoms with Crippen LogP contribution in [0, 0.1) is 10.1 Å². The fourth-order valence-electron chi connectivity index (χ4n) is 1.51. The number of carboxylic acid groups (broad SMARTS) is 1. The largest absolute Gasteiger partial charge is 0.481 e. The molecule has 98 valence electrons. The molecule has 0 bridgehead atoms. The maximum absolute atomic E-state index is 10.6. The lowest BCUT2D eigenvalue weighted by Gasteiger charge is -2.12. The molecule has 6 heteroatoms. The van der Waals surface area contributed by atoms with Crippen molar-refractivity contribution in [1.82, 2.24) is 5.32 Å². The highest BCUT2D eigenvalue weighted by Gasteiger charge is 2.07. The van der Waals surface area contributed by atoms with Gasteiger partial charge >= 0.3 is 5.97 Å². The monoisotopic (exact) mass is 252 g/mol. The molecule has 6 nitrogen and oxygen atoms in total. The summed E-state index contributed by atoms with van der Waals surface area (Å²) in [5, 5.41) is 22.3. The Balaban J connectivity index is 2.45. The molecule has 18 heavy (non-hydrogen) atoms. The summed E-state index contributed by atoms with van der Waals surface area (Å²) in [6.07, 6.45) is 0.646. The molecule has 1 aromatic rings. The van der Waals surface area contributed by atoms with Gasteiger partial charge in [-0.15, -0.1) is 0 Å². The SMILES string of the molecule is CC(CCC(=O)O)NCc1cccc([N+](=O)[O-])c1. The molecule has 0 fully saturated rings. The molecule has 0 heterocycles. The van der Waals surface area contributed by atoms with Crippen molar-refractivity contribution in [1.29, 1.82) is 0 Å². The van der Waals surface area contributed by atoms with Gasteiger partial charge in [0.05, 0.1) is 4.92 Å². The number of carbonyl (C=O) groups is 1. The van der Waals surface area contributed by atoms with E-state index < -0.39 is 10.9 Å². The Morgan fingerprint density at radius 3 is 2.89 bits per heavy atom. The minimum Gasteiger partial charge on any atom is -0.481 e. The van der Waals surface area contributed by atoms with Crippen LogP contribution in [0.1, 0.15) is 25.3 Å². The third-order valence-corrected chi connectivity index (χ3v) is 2.57. The topological polar surface area (TPSA) is 92.5 Å². The minimum atomic E-state index is -0.820. The number of benzene rings is 1.